The molecule has 0 amide bonds. The van der Waals surface area contributed by atoms with E-state index in [0.29, 0.717) is 24.1 Å². The highest BCUT2D eigenvalue weighted by molar-refractivity contribution is 7.99. The first-order valence-electron chi connectivity index (χ1n) is 5.75. The standard InChI is InChI=1S/C13H15N3OS/c14-9-8-12-15-16-13(17-12)18-10-4-7-11-5-2-1-3-6-11/h1-7H,8-10,14H2. The van der Waals surface area contributed by atoms with Crippen molar-refractivity contribution in [2.75, 3.05) is 12.3 Å². The molecule has 2 N–H and O–H groups in total. The van der Waals surface area contributed by atoms with Gasteiger partial charge in [-0.2, -0.15) is 0 Å². The number of benzene rings is 1. The molecule has 94 valence electrons. The third-order valence-electron chi connectivity index (χ3n) is 2.22. The summed E-state index contributed by atoms with van der Waals surface area (Å²) in [5.74, 6) is 1.41. The van der Waals surface area contributed by atoms with E-state index in [-0.39, 0.29) is 0 Å². The first kappa shape index (κ1) is 12.9. The molecule has 1 aromatic carbocycles. The predicted molar refractivity (Wildman–Crippen MR) is 73.3 cm³/mol. The van der Waals surface area contributed by atoms with Crippen LogP contribution in [0.1, 0.15) is 11.5 Å². The number of nitrogens with zero attached hydrogens (tertiary/aromatic N) is 2. The van der Waals surface area contributed by atoms with Gasteiger partial charge in [0.25, 0.3) is 5.22 Å². The summed E-state index contributed by atoms with van der Waals surface area (Å²) in [4.78, 5) is 0. The normalized spacial score (nSPS) is 11.2. The molecule has 0 radical (unpaired) electrons. The van der Waals surface area contributed by atoms with E-state index in [1.165, 1.54) is 17.3 Å². The number of hydrogen-bond acceptors (Lipinski definition) is 5. The molecule has 18 heavy (non-hydrogen) atoms. The number of thioether (sulfide) groups is 1. The molecule has 0 bridgehead atoms. The summed E-state index contributed by atoms with van der Waals surface area (Å²) in [5, 5.41) is 8.43. The van der Waals surface area contributed by atoms with Crippen LogP contribution in [0.15, 0.2) is 46.0 Å². The Morgan fingerprint density at radius 2 is 2.06 bits per heavy atom. The molecule has 0 aliphatic rings. The van der Waals surface area contributed by atoms with Gasteiger partial charge in [-0.25, -0.2) is 0 Å². The molecule has 0 fully saturated rings. The van der Waals surface area contributed by atoms with Gasteiger partial charge in [-0.05, 0) is 5.56 Å². The maximum Gasteiger partial charge on any atom is 0.276 e. The van der Waals surface area contributed by atoms with Gasteiger partial charge in [0.05, 0.1) is 0 Å². The van der Waals surface area contributed by atoms with Crippen LogP contribution >= 0.6 is 11.8 Å². The van der Waals surface area contributed by atoms with Gasteiger partial charge < -0.3 is 10.2 Å². The van der Waals surface area contributed by atoms with Crippen molar-refractivity contribution in [2.45, 2.75) is 11.6 Å². The van der Waals surface area contributed by atoms with Crippen molar-refractivity contribution in [1.82, 2.24) is 10.2 Å². The molecular weight excluding hydrogens is 246 g/mol. The largest absolute Gasteiger partial charge is 0.416 e. The highest BCUT2D eigenvalue weighted by Gasteiger charge is 2.04. The van der Waals surface area contributed by atoms with Crippen LogP contribution in [-0.4, -0.2) is 22.5 Å². The highest BCUT2D eigenvalue weighted by atomic mass is 32.2. The molecule has 0 saturated carbocycles. The second-order valence-corrected chi connectivity index (χ2v) is 4.60. The van der Waals surface area contributed by atoms with Gasteiger partial charge >= 0.3 is 0 Å². The molecular formula is C13H15N3OS. The fourth-order valence-corrected chi connectivity index (χ4v) is 1.98. The van der Waals surface area contributed by atoms with Crippen LogP contribution in [0.2, 0.25) is 0 Å². The predicted octanol–water partition coefficient (Wildman–Crippen LogP) is 2.38. The molecule has 0 unspecified atom stereocenters. The van der Waals surface area contributed by atoms with Crippen molar-refractivity contribution < 1.29 is 4.42 Å². The van der Waals surface area contributed by atoms with E-state index in [0.717, 1.165) is 5.75 Å². The zero-order chi connectivity index (χ0) is 12.6. The molecule has 5 heteroatoms. The lowest BCUT2D eigenvalue weighted by molar-refractivity contribution is 0.414. The Hall–Kier alpha value is -1.59. The van der Waals surface area contributed by atoms with E-state index in [9.17, 15) is 0 Å². The molecule has 2 aromatic rings. The van der Waals surface area contributed by atoms with E-state index in [1.807, 2.05) is 18.2 Å². The summed E-state index contributed by atoms with van der Waals surface area (Å²) in [6.07, 6.45) is 4.78. The van der Waals surface area contributed by atoms with Gasteiger partial charge in [0.15, 0.2) is 0 Å². The summed E-state index contributed by atoms with van der Waals surface area (Å²) in [7, 11) is 0. The van der Waals surface area contributed by atoms with Crippen LogP contribution in [0.5, 0.6) is 0 Å². The van der Waals surface area contributed by atoms with Crippen LogP contribution in [0, 0.1) is 0 Å². The maximum absolute atomic E-state index is 5.41. The number of aromatic nitrogens is 2. The summed E-state index contributed by atoms with van der Waals surface area (Å²) < 4.78 is 5.40. The van der Waals surface area contributed by atoms with E-state index in [4.69, 9.17) is 10.2 Å². The minimum atomic E-state index is 0.528. The fraction of sp³-hybridized carbons (Fsp3) is 0.231. The molecule has 2 rings (SSSR count). The zero-order valence-electron chi connectivity index (χ0n) is 9.95. The van der Waals surface area contributed by atoms with Crippen molar-refractivity contribution in [3.8, 4) is 0 Å². The fourth-order valence-electron chi connectivity index (χ4n) is 1.39. The topological polar surface area (TPSA) is 64.9 Å². The average molecular weight is 261 g/mol. The Balaban J connectivity index is 1.79. The molecule has 0 spiro atoms. The van der Waals surface area contributed by atoms with Gasteiger partial charge in [0.2, 0.25) is 5.89 Å². The number of hydrogen-bond donors (Lipinski definition) is 1. The van der Waals surface area contributed by atoms with Crippen molar-refractivity contribution in [1.29, 1.82) is 0 Å². The Bertz CT molecular complexity index is 496. The molecule has 0 aliphatic heterocycles. The second-order valence-electron chi connectivity index (χ2n) is 3.62. The van der Waals surface area contributed by atoms with Crippen LogP contribution in [0.3, 0.4) is 0 Å². The smallest absolute Gasteiger partial charge is 0.276 e. The Morgan fingerprint density at radius 3 is 2.83 bits per heavy atom. The van der Waals surface area contributed by atoms with Crippen molar-refractivity contribution in [3.63, 3.8) is 0 Å². The number of nitrogens with two attached hydrogens (primary N) is 1. The Kier molecular flexibility index (Phi) is 4.99. The molecule has 1 heterocycles. The minimum absolute atomic E-state index is 0.528. The first-order valence-corrected chi connectivity index (χ1v) is 6.74. The maximum atomic E-state index is 5.41. The van der Waals surface area contributed by atoms with Gasteiger partial charge in [0.1, 0.15) is 0 Å². The Morgan fingerprint density at radius 1 is 1.22 bits per heavy atom. The lowest BCUT2D eigenvalue weighted by Gasteiger charge is -1.91. The van der Waals surface area contributed by atoms with Crippen LogP contribution in [0.25, 0.3) is 6.08 Å². The van der Waals surface area contributed by atoms with Crippen LogP contribution in [0.4, 0.5) is 0 Å². The zero-order valence-corrected chi connectivity index (χ0v) is 10.8. The third kappa shape index (κ3) is 4.01. The molecule has 0 saturated heterocycles. The third-order valence-corrected chi connectivity index (χ3v) is 2.99. The lowest BCUT2D eigenvalue weighted by atomic mass is 10.2. The monoisotopic (exact) mass is 261 g/mol. The van der Waals surface area contributed by atoms with E-state index < -0.39 is 0 Å². The quantitative estimate of drug-likeness (QED) is 0.809. The summed E-state index contributed by atoms with van der Waals surface area (Å²) in [5.41, 5.74) is 6.60. The van der Waals surface area contributed by atoms with Crippen molar-refractivity contribution >= 4 is 17.8 Å². The molecule has 1 aromatic heterocycles. The Labute approximate surface area is 110 Å². The number of rotatable bonds is 6. The lowest BCUT2D eigenvalue weighted by Crippen LogP contribution is -2.02. The molecule has 0 atom stereocenters. The van der Waals surface area contributed by atoms with E-state index >= 15 is 0 Å². The first-order chi connectivity index (χ1) is 8.88. The van der Waals surface area contributed by atoms with Gasteiger partial charge in [-0.1, -0.05) is 54.2 Å². The van der Waals surface area contributed by atoms with Crippen molar-refractivity contribution in [3.05, 3.63) is 47.9 Å². The summed E-state index contributed by atoms with van der Waals surface area (Å²) in [6, 6.07) is 10.2. The SMILES string of the molecule is NCCc1nnc(SCC=Cc2ccccc2)o1. The van der Waals surface area contributed by atoms with Gasteiger partial charge in [-0.15, -0.1) is 10.2 Å². The van der Waals surface area contributed by atoms with Crippen LogP contribution < -0.4 is 5.73 Å². The van der Waals surface area contributed by atoms with Crippen LogP contribution in [-0.2, 0) is 6.42 Å². The van der Waals surface area contributed by atoms with E-state index in [2.05, 4.69) is 34.5 Å². The molecule has 4 nitrogen and oxygen atoms in total. The van der Waals surface area contributed by atoms with Gasteiger partial charge in [0, 0.05) is 18.7 Å². The summed E-state index contributed by atoms with van der Waals surface area (Å²) in [6.45, 7) is 0.528. The molecule has 0 aliphatic carbocycles. The van der Waals surface area contributed by atoms with E-state index in [1.54, 1.807) is 0 Å². The summed E-state index contributed by atoms with van der Waals surface area (Å²) >= 11 is 1.52. The average Bonchev–Trinajstić information content (AvgIpc) is 2.84. The van der Waals surface area contributed by atoms with Gasteiger partial charge in [-0.3, -0.25) is 0 Å². The highest BCUT2D eigenvalue weighted by Crippen LogP contribution is 2.16. The minimum Gasteiger partial charge on any atom is -0.416 e. The second kappa shape index (κ2) is 6.98. The van der Waals surface area contributed by atoms with Crippen molar-refractivity contribution in [2.24, 2.45) is 5.73 Å².